The highest BCUT2D eigenvalue weighted by Gasteiger charge is 2.27. The van der Waals surface area contributed by atoms with Crippen molar-refractivity contribution in [3.63, 3.8) is 0 Å². The second-order valence-electron chi connectivity index (χ2n) is 8.48. The molecular formula is C22H25FN6O2S. The molecule has 1 aromatic carbocycles. The van der Waals surface area contributed by atoms with Gasteiger partial charge in [-0.2, -0.15) is 9.50 Å². The lowest BCUT2D eigenvalue weighted by molar-refractivity contribution is 0.0737. The van der Waals surface area contributed by atoms with Crippen LogP contribution in [0.15, 0.2) is 35.1 Å². The topological polar surface area (TPSA) is 74.1 Å². The average Bonchev–Trinajstić information content (AvgIpc) is 3.22. The van der Waals surface area contributed by atoms with E-state index in [-0.39, 0.29) is 17.4 Å². The number of fused-ring (bicyclic) bond motifs is 1. The van der Waals surface area contributed by atoms with E-state index in [0.717, 1.165) is 24.6 Å². The molecule has 0 unspecified atom stereocenters. The minimum Gasteiger partial charge on any atom is -0.366 e. The third-order valence-electron chi connectivity index (χ3n) is 6.15. The lowest BCUT2D eigenvalue weighted by atomic mass is 10.0. The Morgan fingerprint density at radius 3 is 2.66 bits per heavy atom. The highest BCUT2D eigenvalue weighted by atomic mass is 32.1. The van der Waals surface area contributed by atoms with Crippen LogP contribution in [0.2, 0.25) is 0 Å². The van der Waals surface area contributed by atoms with Crippen LogP contribution in [0.3, 0.4) is 0 Å². The molecule has 0 bridgehead atoms. The summed E-state index contributed by atoms with van der Waals surface area (Å²) < 4.78 is 15.6. The molecule has 2 aliphatic rings. The minimum atomic E-state index is -0.444. The van der Waals surface area contributed by atoms with Gasteiger partial charge in [0, 0.05) is 45.3 Å². The van der Waals surface area contributed by atoms with Crippen molar-refractivity contribution in [2.45, 2.75) is 19.8 Å². The van der Waals surface area contributed by atoms with Crippen molar-refractivity contribution in [1.82, 2.24) is 19.5 Å². The maximum Gasteiger partial charge on any atom is 0.274 e. The van der Waals surface area contributed by atoms with E-state index in [9.17, 15) is 14.0 Å². The summed E-state index contributed by atoms with van der Waals surface area (Å²) in [6.07, 6.45) is 2.29. The minimum absolute atomic E-state index is 0.229. The van der Waals surface area contributed by atoms with Crippen LogP contribution in [0.5, 0.6) is 0 Å². The number of halogens is 1. The van der Waals surface area contributed by atoms with Gasteiger partial charge in [0.25, 0.3) is 11.5 Å². The Morgan fingerprint density at radius 2 is 1.91 bits per heavy atom. The molecule has 0 N–H and O–H groups in total. The molecule has 1 atom stereocenters. The van der Waals surface area contributed by atoms with Gasteiger partial charge >= 0.3 is 0 Å². The Kier molecular flexibility index (Phi) is 5.54. The first-order chi connectivity index (χ1) is 15.5. The normalized spacial score (nSPS) is 19.6. The average molecular weight is 457 g/mol. The van der Waals surface area contributed by atoms with Gasteiger partial charge in [0.1, 0.15) is 11.5 Å². The van der Waals surface area contributed by atoms with E-state index in [0.29, 0.717) is 42.7 Å². The van der Waals surface area contributed by atoms with Crippen LogP contribution in [0.25, 0.3) is 4.96 Å². The molecule has 2 fully saturated rings. The quantitative estimate of drug-likeness (QED) is 0.603. The summed E-state index contributed by atoms with van der Waals surface area (Å²) in [7, 11) is 0. The maximum atomic E-state index is 14.1. The van der Waals surface area contributed by atoms with Crippen molar-refractivity contribution in [3.05, 3.63) is 52.2 Å². The van der Waals surface area contributed by atoms with Crippen molar-refractivity contribution in [2.24, 2.45) is 5.92 Å². The smallest absolute Gasteiger partial charge is 0.274 e. The number of carbonyl (C=O) groups is 1. The number of rotatable bonds is 3. The Balaban J connectivity index is 1.38. The first kappa shape index (κ1) is 20.9. The molecule has 0 spiro atoms. The van der Waals surface area contributed by atoms with E-state index in [1.54, 1.807) is 23.1 Å². The van der Waals surface area contributed by atoms with E-state index in [2.05, 4.69) is 21.9 Å². The van der Waals surface area contributed by atoms with Crippen molar-refractivity contribution in [1.29, 1.82) is 0 Å². The number of aromatic nitrogens is 3. The molecule has 2 aromatic heterocycles. The molecule has 4 heterocycles. The van der Waals surface area contributed by atoms with Crippen LogP contribution in [0.1, 0.15) is 30.3 Å². The molecule has 0 radical (unpaired) electrons. The first-order valence-corrected chi connectivity index (χ1v) is 11.8. The summed E-state index contributed by atoms with van der Waals surface area (Å²) in [6.45, 7) is 5.95. The van der Waals surface area contributed by atoms with Gasteiger partial charge in [-0.3, -0.25) is 9.59 Å². The van der Waals surface area contributed by atoms with Gasteiger partial charge in [0.2, 0.25) is 10.1 Å². The zero-order chi connectivity index (χ0) is 22.2. The van der Waals surface area contributed by atoms with Crippen molar-refractivity contribution >= 4 is 33.0 Å². The zero-order valence-electron chi connectivity index (χ0n) is 17.9. The van der Waals surface area contributed by atoms with E-state index >= 15 is 0 Å². The highest BCUT2D eigenvalue weighted by molar-refractivity contribution is 7.20. The molecule has 8 nitrogen and oxygen atoms in total. The monoisotopic (exact) mass is 456 g/mol. The van der Waals surface area contributed by atoms with Crippen LogP contribution in [0.4, 0.5) is 15.2 Å². The maximum absolute atomic E-state index is 14.1. The van der Waals surface area contributed by atoms with Gasteiger partial charge in [-0.05, 0) is 30.9 Å². The number of benzene rings is 1. The summed E-state index contributed by atoms with van der Waals surface area (Å²) in [4.78, 5) is 35.9. The fourth-order valence-corrected chi connectivity index (χ4v) is 5.41. The summed E-state index contributed by atoms with van der Waals surface area (Å²) in [5, 5.41) is 5.44. The Morgan fingerprint density at radius 1 is 1.12 bits per heavy atom. The predicted octanol–water partition coefficient (Wildman–Crippen LogP) is 2.49. The van der Waals surface area contributed by atoms with Crippen molar-refractivity contribution in [3.8, 4) is 0 Å². The Bertz CT molecular complexity index is 1200. The Hall–Kier alpha value is -3.01. The van der Waals surface area contributed by atoms with E-state index in [1.165, 1.54) is 34.4 Å². The zero-order valence-corrected chi connectivity index (χ0v) is 18.7. The van der Waals surface area contributed by atoms with Crippen molar-refractivity contribution < 1.29 is 9.18 Å². The lowest BCUT2D eigenvalue weighted by Gasteiger charge is -2.36. The number of piperidine rings is 1. The number of nitrogens with zero attached hydrogens (tertiary/aromatic N) is 6. The SMILES string of the molecule is C[C@H]1CCCN(c2nn3c(C(=O)N4CCN(c5ccccc5F)CC4)cc(=O)nc3s2)C1. The largest absolute Gasteiger partial charge is 0.366 e. The fraction of sp³-hybridized carbons (Fsp3) is 0.455. The molecule has 2 saturated heterocycles. The highest BCUT2D eigenvalue weighted by Crippen LogP contribution is 2.27. The van der Waals surface area contributed by atoms with Crippen LogP contribution in [-0.2, 0) is 0 Å². The summed E-state index contributed by atoms with van der Waals surface area (Å²) in [5.41, 5.74) is 0.328. The molecule has 32 heavy (non-hydrogen) atoms. The number of hydrogen-bond donors (Lipinski definition) is 0. The molecule has 10 heteroatoms. The van der Waals surface area contributed by atoms with Gasteiger partial charge in [-0.25, -0.2) is 4.39 Å². The number of carbonyl (C=O) groups excluding carboxylic acids is 1. The summed E-state index contributed by atoms with van der Waals surface area (Å²) >= 11 is 1.34. The van der Waals surface area contributed by atoms with E-state index < -0.39 is 5.56 Å². The van der Waals surface area contributed by atoms with Gasteiger partial charge in [-0.15, -0.1) is 5.10 Å². The summed E-state index contributed by atoms with van der Waals surface area (Å²) in [5.74, 6) is 0.0592. The third kappa shape index (κ3) is 3.94. The number of para-hydroxylation sites is 1. The van der Waals surface area contributed by atoms with Crippen LogP contribution < -0.4 is 15.4 Å². The molecule has 5 rings (SSSR count). The number of piperazine rings is 1. The van der Waals surface area contributed by atoms with E-state index in [4.69, 9.17) is 0 Å². The van der Waals surface area contributed by atoms with Crippen LogP contribution in [0, 0.1) is 11.7 Å². The summed E-state index contributed by atoms with van der Waals surface area (Å²) in [6, 6.07) is 7.92. The third-order valence-corrected chi connectivity index (χ3v) is 7.12. The molecule has 0 saturated carbocycles. The van der Waals surface area contributed by atoms with Crippen LogP contribution >= 0.6 is 11.3 Å². The van der Waals surface area contributed by atoms with Gasteiger partial charge in [0.15, 0.2) is 0 Å². The van der Waals surface area contributed by atoms with Crippen LogP contribution in [-0.4, -0.2) is 64.7 Å². The second kappa shape index (κ2) is 8.50. The van der Waals surface area contributed by atoms with Gasteiger partial charge in [0.05, 0.1) is 5.69 Å². The first-order valence-electron chi connectivity index (χ1n) is 10.9. The lowest BCUT2D eigenvalue weighted by Crippen LogP contribution is -2.49. The van der Waals surface area contributed by atoms with Gasteiger partial charge < -0.3 is 14.7 Å². The Labute approximate surface area is 188 Å². The molecule has 0 aliphatic carbocycles. The molecule has 1 amide bonds. The number of amides is 1. The molecule has 3 aromatic rings. The molecule has 2 aliphatic heterocycles. The predicted molar refractivity (Wildman–Crippen MR) is 122 cm³/mol. The van der Waals surface area contributed by atoms with Crippen molar-refractivity contribution in [2.75, 3.05) is 49.1 Å². The molecular weight excluding hydrogens is 431 g/mol. The number of hydrogen-bond acceptors (Lipinski definition) is 7. The van der Waals surface area contributed by atoms with Gasteiger partial charge in [-0.1, -0.05) is 30.4 Å². The number of anilines is 2. The fourth-order valence-electron chi connectivity index (χ4n) is 4.47. The molecule has 168 valence electrons. The van der Waals surface area contributed by atoms with E-state index in [1.807, 2.05) is 4.90 Å². The second-order valence-corrected chi connectivity index (χ2v) is 9.42. The standard InChI is InChI=1S/C22H25FN6O2S/c1-15-5-4-8-28(14-15)22-25-29-18(13-19(30)24-21(29)32-22)20(31)27-11-9-26(10-12-27)17-7-3-2-6-16(17)23/h2-3,6-7,13,15H,4-5,8-12,14H2,1H3/t15-/m0/s1.